The number of fused-ring (bicyclic) bond motifs is 1. The van der Waals surface area contributed by atoms with Gasteiger partial charge in [0.25, 0.3) is 0 Å². The molecule has 4 rings (SSSR count). The van der Waals surface area contributed by atoms with E-state index in [0.717, 1.165) is 34.4 Å². The Kier molecular flexibility index (Phi) is 3.42. The number of thiophene rings is 1. The molecule has 1 aliphatic carbocycles. The van der Waals surface area contributed by atoms with Crippen molar-refractivity contribution in [3.05, 3.63) is 47.1 Å². The number of hydrogen-bond acceptors (Lipinski definition) is 5. The van der Waals surface area contributed by atoms with E-state index in [-0.39, 0.29) is 0 Å². The van der Waals surface area contributed by atoms with Crippen molar-refractivity contribution < 1.29 is 5.11 Å². The molecule has 0 spiro atoms. The summed E-state index contributed by atoms with van der Waals surface area (Å²) in [5.74, 6) is 1.33. The fourth-order valence-corrected chi connectivity index (χ4v) is 3.60. The third-order valence-corrected chi connectivity index (χ3v) is 5.03. The zero-order chi connectivity index (χ0) is 14.9. The maximum absolute atomic E-state index is 9.87. The van der Waals surface area contributed by atoms with Gasteiger partial charge in [0.2, 0.25) is 0 Å². The van der Waals surface area contributed by atoms with Crippen molar-refractivity contribution in [1.82, 2.24) is 9.97 Å². The van der Waals surface area contributed by atoms with Crippen LogP contribution < -0.4 is 5.32 Å². The van der Waals surface area contributed by atoms with Crippen molar-refractivity contribution in [2.75, 3.05) is 5.32 Å². The highest BCUT2D eigenvalue weighted by Crippen LogP contribution is 2.33. The first-order valence-corrected chi connectivity index (χ1v) is 8.44. The van der Waals surface area contributed by atoms with E-state index in [0.29, 0.717) is 11.8 Å². The summed E-state index contributed by atoms with van der Waals surface area (Å²) in [5.41, 5.74) is 3.25. The molecule has 4 nitrogen and oxygen atoms in total. The van der Waals surface area contributed by atoms with E-state index in [1.165, 1.54) is 18.4 Å². The predicted molar refractivity (Wildman–Crippen MR) is 89.6 cm³/mol. The highest BCUT2D eigenvalue weighted by molar-refractivity contribution is 7.18. The van der Waals surface area contributed by atoms with Gasteiger partial charge in [-0.15, -0.1) is 11.3 Å². The number of nitrogens with one attached hydrogen (secondary N) is 1. The molecule has 1 saturated carbocycles. The molecule has 5 heteroatoms. The third-order valence-electron chi connectivity index (χ3n) is 4.00. The Bertz CT molecular complexity index is 811. The van der Waals surface area contributed by atoms with Gasteiger partial charge in [0.05, 0.1) is 10.2 Å². The van der Waals surface area contributed by atoms with Crippen LogP contribution in [-0.2, 0) is 12.8 Å². The zero-order valence-corrected chi connectivity index (χ0v) is 12.9. The molecule has 0 amide bonds. The highest BCUT2D eigenvalue weighted by atomic mass is 32.1. The predicted octanol–water partition coefficient (Wildman–Crippen LogP) is 3.76. The van der Waals surface area contributed by atoms with Crippen molar-refractivity contribution in [2.45, 2.75) is 31.7 Å². The van der Waals surface area contributed by atoms with Gasteiger partial charge < -0.3 is 10.4 Å². The Morgan fingerprint density at radius 1 is 1.14 bits per heavy atom. The Balaban J connectivity index is 1.58. The molecule has 0 saturated heterocycles. The average Bonchev–Trinajstić information content (AvgIpc) is 3.25. The molecule has 112 valence electrons. The van der Waals surface area contributed by atoms with Crippen LogP contribution in [0.5, 0.6) is 5.75 Å². The highest BCUT2D eigenvalue weighted by Gasteiger charge is 2.23. The van der Waals surface area contributed by atoms with Gasteiger partial charge in [-0.1, -0.05) is 18.2 Å². The molecule has 1 aromatic carbocycles. The molecule has 0 aliphatic heterocycles. The Hall–Kier alpha value is -2.14. The molecule has 1 aliphatic rings. The number of phenolic OH excluding ortho intramolecular Hbond substituents is 1. The summed E-state index contributed by atoms with van der Waals surface area (Å²) >= 11 is 1.70. The smallest absolute Gasteiger partial charge is 0.147 e. The van der Waals surface area contributed by atoms with E-state index < -0.39 is 0 Å². The molecule has 2 N–H and O–H groups in total. The Morgan fingerprint density at radius 3 is 2.77 bits per heavy atom. The van der Waals surface area contributed by atoms with Crippen molar-refractivity contribution in [3.8, 4) is 5.75 Å². The number of aryl methyl sites for hydroxylation is 2. The topological polar surface area (TPSA) is 58.0 Å². The lowest BCUT2D eigenvalue weighted by Crippen LogP contribution is -2.03. The Labute approximate surface area is 132 Å². The van der Waals surface area contributed by atoms with Gasteiger partial charge >= 0.3 is 0 Å². The van der Waals surface area contributed by atoms with Crippen LogP contribution in [0.2, 0.25) is 0 Å². The minimum Gasteiger partial charge on any atom is -0.508 e. The fraction of sp³-hybridized carbons (Fsp3) is 0.294. The molecule has 2 aromatic heterocycles. The maximum Gasteiger partial charge on any atom is 0.147 e. The molecular formula is C17H17N3OS. The number of aromatic nitrogens is 2. The van der Waals surface area contributed by atoms with Crippen LogP contribution in [0.3, 0.4) is 0 Å². The normalized spacial score (nSPS) is 14.4. The minimum atomic E-state index is 0.368. The standard InChI is InChI=1S/C17H17N3OS/c21-14-4-2-1-3-11(14)5-6-12-9-22-16-15(12)18-10-19-17(16)20-13-7-8-13/h1-4,9-10,13,21H,5-8H2,(H,18,19,20). The van der Waals surface area contributed by atoms with Crippen molar-refractivity contribution >= 4 is 27.4 Å². The molecule has 3 aromatic rings. The lowest BCUT2D eigenvalue weighted by molar-refractivity contribution is 0.468. The fourth-order valence-electron chi connectivity index (χ4n) is 2.59. The number of para-hydroxylation sites is 1. The van der Waals surface area contributed by atoms with Crippen molar-refractivity contribution in [2.24, 2.45) is 0 Å². The molecular weight excluding hydrogens is 294 g/mol. The second-order valence-electron chi connectivity index (χ2n) is 5.71. The van der Waals surface area contributed by atoms with Gasteiger partial charge in [0.1, 0.15) is 17.9 Å². The second kappa shape index (κ2) is 5.57. The van der Waals surface area contributed by atoms with E-state index in [1.54, 1.807) is 23.7 Å². The SMILES string of the molecule is Oc1ccccc1CCc1csc2c(NC3CC3)ncnc12. The number of nitrogens with zero attached hydrogens (tertiary/aromatic N) is 2. The van der Waals surface area contributed by atoms with Gasteiger partial charge in [-0.05, 0) is 48.3 Å². The third kappa shape index (κ3) is 2.64. The van der Waals surface area contributed by atoms with E-state index >= 15 is 0 Å². The van der Waals surface area contributed by atoms with Crippen LogP contribution in [-0.4, -0.2) is 21.1 Å². The Morgan fingerprint density at radius 2 is 1.95 bits per heavy atom. The molecule has 0 unspecified atom stereocenters. The molecule has 1 fully saturated rings. The van der Waals surface area contributed by atoms with Crippen LogP contribution in [0.4, 0.5) is 5.82 Å². The second-order valence-corrected chi connectivity index (χ2v) is 6.59. The molecule has 0 bridgehead atoms. The van der Waals surface area contributed by atoms with E-state index in [2.05, 4.69) is 20.7 Å². The first kappa shape index (κ1) is 13.5. The van der Waals surface area contributed by atoms with E-state index in [1.807, 2.05) is 18.2 Å². The summed E-state index contributed by atoms with van der Waals surface area (Å²) < 4.78 is 1.14. The van der Waals surface area contributed by atoms with Gasteiger partial charge in [-0.25, -0.2) is 9.97 Å². The zero-order valence-electron chi connectivity index (χ0n) is 12.1. The van der Waals surface area contributed by atoms with Crippen LogP contribution in [0.25, 0.3) is 10.2 Å². The largest absolute Gasteiger partial charge is 0.508 e. The van der Waals surface area contributed by atoms with Crippen LogP contribution in [0.15, 0.2) is 36.0 Å². The lowest BCUT2D eigenvalue weighted by atomic mass is 10.1. The summed E-state index contributed by atoms with van der Waals surface area (Å²) in [4.78, 5) is 8.84. The first-order chi connectivity index (χ1) is 10.8. The molecule has 0 atom stereocenters. The molecule has 22 heavy (non-hydrogen) atoms. The number of aromatic hydroxyl groups is 1. The van der Waals surface area contributed by atoms with Gasteiger partial charge in [-0.2, -0.15) is 0 Å². The molecule has 2 heterocycles. The summed E-state index contributed by atoms with van der Waals surface area (Å²) in [6.07, 6.45) is 5.79. The maximum atomic E-state index is 9.87. The van der Waals surface area contributed by atoms with Crippen LogP contribution >= 0.6 is 11.3 Å². The van der Waals surface area contributed by atoms with Crippen molar-refractivity contribution in [1.29, 1.82) is 0 Å². The number of benzene rings is 1. The van der Waals surface area contributed by atoms with Crippen molar-refractivity contribution in [3.63, 3.8) is 0 Å². The lowest BCUT2D eigenvalue weighted by Gasteiger charge is -2.05. The summed E-state index contributed by atoms with van der Waals surface area (Å²) in [7, 11) is 0. The monoisotopic (exact) mass is 311 g/mol. The van der Waals surface area contributed by atoms with E-state index in [9.17, 15) is 5.11 Å². The van der Waals surface area contributed by atoms with Crippen LogP contribution in [0.1, 0.15) is 24.0 Å². The average molecular weight is 311 g/mol. The minimum absolute atomic E-state index is 0.368. The summed E-state index contributed by atoms with van der Waals surface area (Å²) in [6, 6.07) is 8.10. The number of rotatable bonds is 5. The number of phenols is 1. The van der Waals surface area contributed by atoms with Gasteiger partial charge in [0, 0.05) is 6.04 Å². The summed E-state index contributed by atoms with van der Waals surface area (Å²) in [6.45, 7) is 0. The first-order valence-electron chi connectivity index (χ1n) is 7.56. The molecule has 0 radical (unpaired) electrons. The van der Waals surface area contributed by atoms with Gasteiger partial charge in [0.15, 0.2) is 0 Å². The van der Waals surface area contributed by atoms with Crippen LogP contribution in [0, 0.1) is 0 Å². The number of anilines is 1. The number of hydrogen-bond donors (Lipinski definition) is 2. The van der Waals surface area contributed by atoms with Gasteiger partial charge in [-0.3, -0.25) is 0 Å². The quantitative estimate of drug-likeness (QED) is 0.753. The van der Waals surface area contributed by atoms with E-state index in [4.69, 9.17) is 0 Å². The summed E-state index contributed by atoms with van der Waals surface area (Å²) in [5, 5.41) is 15.5.